The quantitative estimate of drug-likeness (QED) is 0.630. The maximum absolute atomic E-state index is 12.2. The SMILES string of the molecule is CNS(=O)(=O)c1cc(NC(=O)CCc2nc(-c3ccccc3)no2)ccc1C. The first kappa shape index (κ1) is 19.7. The van der Waals surface area contributed by atoms with E-state index in [4.69, 9.17) is 4.52 Å². The third kappa shape index (κ3) is 4.62. The molecule has 0 unspecified atom stereocenters. The highest BCUT2D eigenvalue weighted by atomic mass is 32.2. The fraction of sp³-hybridized carbons (Fsp3) is 0.211. The number of nitrogens with one attached hydrogen (secondary N) is 2. The lowest BCUT2D eigenvalue weighted by Crippen LogP contribution is -2.20. The van der Waals surface area contributed by atoms with E-state index in [1.54, 1.807) is 19.1 Å². The molecule has 1 heterocycles. The van der Waals surface area contributed by atoms with Gasteiger partial charge in [-0.05, 0) is 31.7 Å². The Morgan fingerprint density at radius 2 is 1.89 bits per heavy atom. The Labute approximate surface area is 163 Å². The van der Waals surface area contributed by atoms with Crippen molar-refractivity contribution in [2.75, 3.05) is 12.4 Å². The zero-order valence-corrected chi connectivity index (χ0v) is 16.3. The summed E-state index contributed by atoms with van der Waals surface area (Å²) in [5.74, 6) is 0.545. The van der Waals surface area contributed by atoms with Gasteiger partial charge in [0.2, 0.25) is 27.6 Å². The summed E-state index contributed by atoms with van der Waals surface area (Å²) in [5, 5.41) is 6.61. The van der Waals surface area contributed by atoms with Gasteiger partial charge in [0.25, 0.3) is 0 Å². The zero-order valence-electron chi connectivity index (χ0n) is 15.5. The Morgan fingerprint density at radius 1 is 1.14 bits per heavy atom. The second-order valence-corrected chi connectivity index (χ2v) is 7.97. The summed E-state index contributed by atoms with van der Waals surface area (Å²) in [6.07, 6.45) is 0.400. The predicted molar refractivity (Wildman–Crippen MR) is 104 cm³/mol. The molecule has 2 aromatic carbocycles. The van der Waals surface area contributed by atoms with Gasteiger partial charge in [0.15, 0.2) is 0 Å². The van der Waals surface area contributed by atoms with Crippen molar-refractivity contribution in [3.63, 3.8) is 0 Å². The first-order chi connectivity index (χ1) is 13.4. The summed E-state index contributed by atoms with van der Waals surface area (Å²) in [7, 11) is -2.26. The molecule has 0 aliphatic rings. The van der Waals surface area contributed by atoms with Crippen molar-refractivity contribution in [2.24, 2.45) is 0 Å². The Balaban J connectivity index is 1.62. The molecule has 3 aromatic rings. The van der Waals surface area contributed by atoms with Crippen molar-refractivity contribution in [3.05, 3.63) is 60.0 Å². The molecule has 3 rings (SSSR count). The van der Waals surface area contributed by atoms with E-state index in [-0.39, 0.29) is 23.6 Å². The molecule has 28 heavy (non-hydrogen) atoms. The highest BCUT2D eigenvalue weighted by Gasteiger charge is 2.16. The number of aromatic nitrogens is 2. The Hall–Kier alpha value is -3.04. The topological polar surface area (TPSA) is 114 Å². The predicted octanol–water partition coefficient (Wildman–Crippen LogP) is 2.52. The summed E-state index contributed by atoms with van der Waals surface area (Å²) >= 11 is 0. The second kappa shape index (κ2) is 8.32. The van der Waals surface area contributed by atoms with E-state index in [1.807, 2.05) is 30.3 Å². The summed E-state index contributed by atoms with van der Waals surface area (Å²) in [6, 6.07) is 14.1. The molecule has 146 valence electrons. The van der Waals surface area contributed by atoms with Crippen molar-refractivity contribution in [1.82, 2.24) is 14.9 Å². The van der Waals surface area contributed by atoms with E-state index >= 15 is 0 Å². The minimum absolute atomic E-state index is 0.122. The van der Waals surface area contributed by atoms with Crippen LogP contribution in [0, 0.1) is 6.92 Å². The molecule has 0 radical (unpaired) electrons. The van der Waals surface area contributed by atoms with Crippen LogP contribution >= 0.6 is 0 Å². The number of carbonyl (C=O) groups excluding carboxylic acids is 1. The number of sulfonamides is 1. The first-order valence-corrected chi connectivity index (χ1v) is 10.1. The molecular weight excluding hydrogens is 380 g/mol. The molecule has 0 aliphatic carbocycles. The summed E-state index contributed by atoms with van der Waals surface area (Å²) in [5.41, 5.74) is 1.83. The lowest BCUT2D eigenvalue weighted by molar-refractivity contribution is -0.116. The first-order valence-electron chi connectivity index (χ1n) is 8.61. The van der Waals surface area contributed by atoms with Gasteiger partial charge in [-0.2, -0.15) is 4.98 Å². The molecule has 0 saturated heterocycles. The van der Waals surface area contributed by atoms with Gasteiger partial charge in [0.1, 0.15) is 0 Å². The maximum atomic E-state index is 12.2. The molecule has 0 fully saturated rings. The molecule has 1 aromatic heterocycles. The lowest BCUT2D eigenvalue weighted by Gasteiger charge is -2.10. The number of nitrogens with zero attached hydrogens (tertiary/aromatic N) is 2. The van der Waals surface area contributed by atoms with E-state index in [9.17, 15) is 13.2 Å². The van der Waals surface area contributed by atoms with Crippen LogP contribution in [0.15, 0.2) is 57.9 Å². The number of hydrogen-bond donors (Lipinski definition) is 2. The van der Waals surface area contributed by atoms with Crippen LogP contribution in [-0.4, -0.2) is 31.5 Å². The third-order valence-electron chi connectivity index (χ3n) is 4.10. The van der Waals surface area contributed by atoms with Crippen molar-refractivity contribution in [2.45, 2.75) is 24.7 Å². The molecule has 2 N–H and O–H groups in total. The van der Waals surface area contributed by atoms with Gasteiger partial charge < -0.3 is 9.84 Å². The number of anilines is 1. The van der Waals surface area contributed by atoms with Crippen molar-refractivity contribution in [1.29, 1.82) is 0 Å². The molecule has 0 saturated carbocycles. The smallest absolute Gasteiger partial charge is 0.240 e. The Morgan fingerprint density at radius 3 is 2.61 bits per heavy atom. The monoisotopic (exact) mass is 400 g/mol. The average Bonchev–Trinajstić information content (AvgIpc) is 3.17. The average molecular weight is 400 g/mol. The standard InChI is InChI=1S/C19H20N4O4S/c1-13-8-9-15(12-16(13)28(25,26)20-2)21-17(24)10-11-18-22-19(23-27-18)14-6-4-3-5-7-14/h3-9,12,20H,10-11H2,1-2H3,(H,21,24). The molecule has 0 bridgehead atoms. The third-order valence-corrected chi connectivity index (χ3v) is 5.65. The van der Waals surface area contributed by atoms with Crippen LogP contribution in [0.5, 0.6) is 0 Å². The summed E-state index contributed by atoms with van der Waals surface area (Å²) in [6.45, 7) is 1.69. The number of rotatable bonds is 7. The van der Waals surface area contributed by atoms with Gasteiger partial charge in [-0.3, -0.25) is 4.79 Å². The molecular formula is C19H20N4O4S. The molecule has 8 nitrogen and oxygen atoms in total. The summed E-state index contributed by atoms with van der Waals surface area (Å²) in [4.78, 5) is 16.6. The van der Waals surface area contributed by atoms with Crippen LogP contribution in [0.1, 0.15) is 17.9 Å². The fourth-order valence-corrected chi connectivity index (χ4v) is 3.58. The van der Waals surface area contributed by atoms with Crippen LogP contribution in [-0.2, 0) is 21.2 Å². The van der Waals surface area contributed by atoms with Gasteiger partial charge in [0.05, 0.1) is 4.90 Å². The molecule has 0 aliphatic heterocycles. The van der Waals surface area contributed by atoms with Crippen molar-refractivity contribution in [3.8, 4) is 11.4 Å². The van der Waals surface area contributed by atoms with Gasteiger partial charge in [-0.25, -0.2) is 13.1 Å². The molecule has 0 spiro atoms. The van der Waals surface area contributed by atoms with E-state index < -0.39 is 10.0 Å². The maximum Gasteiger partial charge on any atom is 0.240 e. The molecule has 9 heteroatoms. The number of aryl methyl sites for hydroxylation is 2. The largest absolute Gasteiger partial charge is 0.339 e. The van der Waals surface area contributed by atoms with Crippen molar-refractivity contribution >= 4 is 21.6 Å². The van der Waals surface area contributed by atoms with Crippen molar-refractivity contribution < 1.29 is 17.7 Å². The van der Waals surface area contributed by atoms with E-state index in [2.05, 4.69) is 20.2 Å². The minimum atomic E-state index is -3.60. The summed E-state index contributed by atoms with van der Waals surface area (Å²) < 4.78 is 31.5. The van der Waals surface area contributed by atoms with Crippen LogP contribution in [0.2, 0.25) is 0 Å². The number of carbonyl (C=O) groups is 1. The fourth-order valence-electron chi connectivity index (χ4n) is 2.58. The van der Waals surface area contributed by atoms with Gasteiger partial charge in [-0.15, -0.1) is 0 Å². The zero-order chi connectivity index (χ0) is 20.1. The van der Waals surface area contributed by atoms with E-state index in [0.29, 0.717) is 23.0 Å². The highest BCUT2D eigenvalue weighted by molar-refractivity contribution is 7.89. The van der Waals surface area contributed by atoms with Crippen LogP contribution in [0.4, 0.5) is 5.69 Å². The van der Waals surface area contributed by atoms with Crippen LogP contribution < -0.4 is 10.0 Å². The van der Waals surface area contributed by atoms with E-state index in [0.717, 1.165) is 5.56 Å². The van der Waals surface area contributed by atoms with Gasteiger partial charge in [0, 0.05) is 24.1 Å². The van der Waals surface area contributed by atoms with Crippen LogP contribution in [0.3, 0.4) is 0 Å². The Kier molecular flexibility index (Phi) is 5.86. The number of amides is 1. The number of hydrogen-bond acceptors (Lipinski definition) is 6. The second-order valence-electron chi connectivity index (χ2n) is 6.11. The van der Waals surface area contributed by atoms with Crippen LogP contribution in [0.25, 0.3) is 11.4 Å². The lowest BCUT2D eigenvalue weighted by atomic mass is 10.2. The van der Waals surface area contributed by atoms with Gasteiger partial charge in [-0.1, -0.05) is 41.6 Å². The molecule has 0 atom stereocenters. The Bertz CT molecular complexity index is 1080. The van der Waals surface area contributed by atoms with Gasteiger partial charge >= 0.3 is 0 Å². The normalized spacial score (nSPS) is 11.4. The molecule has 1 amide bonds. The highest BCUT2D eigenvalue weighted by Crippen LogP contribution is 2.20. The van der Waals surface area contributed by atoms with E-state index in [1.165, 1.54) is 13.1 Å². The number of benzene rings is 2. The minimum Gasteiger partial charge on any atom is -0.339 e.